The van der Waals surface area contributed by atoms with E-state index in [9.17, 15) is 18.3 Å². The Balaban J connectivity index is 1.50. The van der Waals surface area contributed by atoms with Gasteiger partial charge in [0.05, 0.1) is 17.9 Å². The van der Waals surface area contributed by atoms with E-state index in [1.165, 1.54) is 25.3 Å². The van der Waals surface area contributed by atoms with Gasteiger partial charge in [0.15, 0.2) is 0 Å². The normalized spacial score (nSPS) is 16.1. The zero-order valence-corrected chi connectivity index (χ0v) is 18.6. The van der Waals surface area contributed by atoms with Crippen LogP contribution in [0.25, 0.3) is 10.9 Å². The lowest BCUT2D eigenvalue weighted by molar-refractivity contribution is -0.137. The fraction of sp³-hybridized carbons (Fsp3) is 0.440. The zero-order valence-electron chi connectivity index (χ0n) is 18.6. The summed E-state index contributed by atoms with van der Waals surface area (Å²) in [5.41, 5.74) is 0.399. The lowest BCUT2D eigenvalue weighted by Gasteiger charge is -2.26. The summed E-state index contributed by atoms with van der Waals surface area (Å²) in [7, 11) is 0. The van der Waals surface area contributed by atoms with Gasteiger partial charge in [0.1, 0.15) is 17.0 Å². The number of alkyl halides is 3. The number of likely N-dealkylation sites (tertiary alicyclic amines) is 1. The Bertz CT molecular complexity index is 1100. The highest BCUT2D eigenvalue weighted by atomic mass is 19.4. The molecule has 33 heavy (non-hydrogen) atoms. The second kappa shape index (κ2) is 9.95. The molecule has 1 saturated heterocycles. The lowest BCUT2D eigenvalue weighted by Crippen LogP contribution is -2.31. The largest absolute Gasteiger partial charge is 0.506 e. The molecule has 3 heterocycles. The number of ether oxygens (including phenoxy) is 1. The monoisotopic (exact) mass is 459 g/mol. The van der Waals surface area contributed by atoms with Crippen LogP contribution in [-0.2, 0) is 6.18 Å². The Morgan fingerprint density at radius 1 is 1.06 bits per heavy atom. The van der Waals surface area contributed by atoms with Gasteiger partial charge >= 0.3 is 6.18 Å². The second-order valence-corrected chi connectivity index (χ2v) is 8.51. The van der Waals surface area contributed by atoms with Crippen LogP contribution in [0.15, 0.2) is 42.6 Å². The number of aromatic hydroxyl groups is 1. The van der Waals surface area contributed by atoms with Gasteiger partial charge in [-0.1, -0.05) is 13.3 Å². The minimum atomic E-state index is -4.44. The SMILES string of the molecule is CC(c1cc(C(F)(F)F)ccn1)c1ccc2c(OCCCN3CCCCC3)ccc(O)c2n1. The molecular weight excluding hydrogens is 431 g/mol. The van der Waals surface area contributed by atoms with Gasteiger partial charge in [-0.2, -0.15) is 13.2 Å². The van der Waals surface area contributed by atoms with Crippen LogP contribution in [0, 0.1) is 0 Å². The molecular formula is C25H28F3N3O2. The van der Waals surface area contributed by atoms with Crippen molar-refractivity contribution in [1.29, 1.82) is 0 Å². The molecule has 0 aliphatic carbocycles. The number of halogens is 3. The summed E-state index contributed by atoms with van der Waals surface area (Å²) in [5.74, 6) is 0.146. The van der Waals surface area contributed by atoms with E-state index >= 15 is 0 Å². The Hall–Kier alpha value is -2.87. The van der Waals surface area contributed by atoms with Crippen molar-refractivity contribution in [2.24, 2.45) is 0 Å². The standard InChI is InChI=1S/C25H28F3N3O2/c1-17(21-16-18(10-11-29-21)25(26,27)28)20-7-6-19-23(9-8-22(32)24(19)30-20)33-15-5-14-31-12-3-2-4-13-31/h6-11,16-17,32H,2-5,12-15H2,1H3. The molecule has 0 amide bonds. The molecule has 1 aliphatic rings. The predicted molar refractivity (Wildman–Crippen MR) is 121 cm³/mol. The summed E-state index contributed by atoms with van der Waals surface area (Å²) in [6.45, 7) is 5.60. The van der Waals surface area contributed by atoms with E-state index in [0.717, 1.165) is 44.4 Å². The van der Waals surface area contributed by atoms with Crippen molar-refractivity contribution < 1.29 is 23.0 Å². The highest BCUT2D eigenvalue weighted by Gasteiger charge is 2.31. The van der Waals surface area contributed by atoms with E-state index < -0.39 is 17.7 Å². The van der Waals surface area contributed by atoms with Crippen LogP contribution in [0.3, 0.4) is 0 Å². The number of phenols is 1. The Morgan fingerprint density at radius 3 is 2.61 bits per heavy atom. The number of aromatic nitrogens is 2. The van der Waals surface area contributed by atoms with Crippen LogP contribution in [0.1, 0.15) is 55.5 Å². The number of fused-ring (bicyclic) bond motifs is 1. The molecule has 0 saturated carbocycles. The van der Waals surface area contributed by atoms with E-state index in [1.807, 2.05) is 0 Å². The average molecular weight is 460 g/mol. The van der Waals surface area contributed by atoms with E-state index in [1.54, 1.807) is 25.1 Å². The molecule has 1 atom stereocenters. The molecule has 1 unspecified atom stereocenters. The highest BCUT2D eigenvalue weighted by Crippen LogP contribution is 2.35. The first-order valence-electron chi connectivity index (χ1n) is 11.3. The topological polar surface area (TPSA) is 58.5 Å². The third kappa shape index (κ3) is 5.55. The van der Waals surface area contributed by atoms with Crippen molar-refractivity contribution in [2.45, 2.75) is 44.7 Å². The van der Waals surface area contributed by atoms with Gasteiger partial charge in [-0.25, -0.2) is 4.98 Å². The second-order valence-electron chi connectivity index (χ2n) is 8.51. The molecule has 1 aromatic carbocycles. The first-order valence-corrected chi connectivity index (χ1v) is 11.3. The van der Waals surface area contributed by atoms with Crippen LogP contribution in [0.5, 0.6) is 11.5 Å². The smallest absolute Gasteiger partial charge is 0.416 e. The van der Waals surface area contributed by atoms with Gasteiger partial charge in [0.25, 0.3) is 0 Å². The molecule has 5 nitrogen and oxygen atoms in total. The van der Waals surface area contributed by atoms with Gasteiger partial charge in [-0.3, -0.25) is 4.98 Å². The highest BCUT2D eigenvalue weighted by molar-refractivity contribution is 5.90. The number of phenolic OH excluding ortho intramolecular Hbond substituents is 1. The molecule has 0 bridgehead atoms. The Morgan fingerprint density at radius 2 is 1.85 bits per heavy atom. The van der Waals surface area contributed by atoms with Gasteiger partial charge in [0.2, 0.25) is 0 Å². The summed E-state index contributed by atoms with van der Waals surface area (Å²) < 4.78 is 45.2. The number of piperidine rings is 1. The van der Waals surface area contributed by atoms with Crippen LogP contribution < -0.4 is 4.74 Å². The Kier molecular flexibility index (Phi) is 7.02. The fourth-order valence-electron chi connectivity index (χ4n) is 4.22. The van der Waals surface area contributed by atoms with E-state index in [-0.39, 0.29) is 11.4 Å². The molecule has 2 aromatic heterocycles. The Labute approximate surface area is 191 Å². The molecule has 1 aliphatic heterocycles. The minimum Gasteiger partial charge on any atom is -0.506 e. The van der Waals surface area contributed by atoms with E-state index in [4.69, 9.17) is 4.74 Å². The molecule has 176 valence electrons. The number of rotatable bonds is 7. The van der Waals surface area contributed by atoms with E-state index in [2.05, 4.69) is 14.9 Å². The van der Waals surface area contributed by atoms with Crippen molar-refractivity contribution in [3.8, 4) is 11.5 Å². The zero-order chi connectivity index (χ0) is 23.4. The summed E-state index contributed by atoms with van der Waals surface area (Å²) in [6, 6.07) is 8.78. The van der Waals surface area contributed by atoms with Gasteiger partial charge < -0.3 is 14.7 Å². The lowest BCUT2D eigenvalue weighted by atomic mass is 10.00. The van der Waals surface area contributed by atoms with Gasteiger partial charge in [-0.05, 0) is 68.8 Å². The third-order valence-electron chi connectivity index (χ3n) is 6.14. The first-order chi connectivity index (χ1) is 15.8. The van der Waals surface area contributed by atoms with E-state index in [0.29, 0.717) is 29.0 Å². The van der Waals surface area contributed by atoms with Crippen LogP contribution in [-0.4, -0.2) is 46.2 Å². The third-order valence-corrected chi connectivity index (χ3v) is 6.14. The summed E-state index contributed by atoms with van der Waals surface area (Å²) >= 11 is 0. The maximum Gasteiger partial charge on any atom is 0.416 e. The summed E-state index contributed by atoms with van der Waals surface area (Å²) in [6.07, 6.45) is 1.45. The molecule has 0 radical (unpaired) electrons. The summed E-state index contributed by atoms with van der Waals surface area (Å²) in [5, 5.41) is 11.0. The maximum atomic E-state index is 13.1. The number of nitrogens with zero attached hydrogens (tertiary/aromatic N) is 3. The maximum absolute atomic E-state index is 13.1. The summed E-state index contributed by atoms with van der Waals surface area (Å²) in [4.78, 5) is 11.1. The number of pyridine rings is 2. The molecule has 3 aromatic rings. The molecule has 0 spiro atoms. The quantitative estimate of drug-likeness (QED) is 0.455. The van der Waals surface area contributed by atoms with Crippen molar-refractivity contribution in [3.63, 3.8) is 0 Å². The van der Waals surface area contributed by atoms with Gasteiger partial charge in [-0.15, -0.1) is 0 Å². The molecule has 1 fully saturated rings. The van der Waals surface area contributed by atoms with Crippen molar-refractivity contribution in [1.82, 2.24) is 14.9 Å². The number of benzene rings is 1. The van der Waals surface area contributed by atoms with Crippen molar-refractivity contribution in [3.05, 3.63) is 59.5 Å². The molecule has 1 N–H and O–H groups in total. The number of hydrogen-bond acceptors (Lipinski definition) is 5. The average Bonchev–Trinajstić information content (AvgIpc) is 2.82. The van der Waals surface area contributed by atoms with Crippen LogP contribution in [0.2, 0.25) is 0 Å². The van der Waals surface area contributed by atoms with Crippen molar-refractivity contribution in [2.75, 3.05) is 26.2 Å². The number of hydrogen-bond donors (Lipinski definition) is 1. The molecule has 8 heteroatoms. The van der Waals surface area contributed by atoms with Crippen LogP contribution >= 0.6 is 0 Å². The van der Waals surface area contributed by atoms with Gasteiger partial charge in [0, 0.05) is 29.7 Å². The van der Waals surface area contributed by atoms with Crippen molar-refractivity contribution >= 4 is 10.9 Å². The fourth-order valence-corrected chi connectivity index (χ4v) is 4.22. The minimum absolute atomic E-state index is 0.00304. The predicted octanol–water partition coefficient (Wildman–Crippen LogP) is 5.76. The molecule has 4 rings (SSSR count). The van der Waals surface area contributed by atoms with Crippen LogP contribution in [0.4, 0.5) is 13.2 Å². The first kappa shape index (κ1) is 23.3.